The Hall–Kier alpha value is -3.14. The molecule has 5 rings (SSSR count). The zero-order valence-electron chi connectivity index (χ0n) is 20.1. The van der Waals surface area contributed by atoms with E-state index in [-0.39, 0.29) is 5.76 Å². The predicted molar refractivity (Wildman–Crippen MR) is 160 cm³/mol. The van der Waals surface area contributed by atoms with Crippen LogP contribution < -0.4 is 14.9 Å². The van der Waals surface area contributed by atoms with Crippen molar-refractivity contribution in [2.24, 2.45) is 5.10 Å². The number of furan rings is 1. The number of amides is 1. The van der Waals surface area contributed by atoms with Crippen LogP contribution in [0.1, 0.15) is 28.6 Å². The molecular weight excluding hydrogens is 680 g/mol. The van der Waals surface area contributed by atoms with Crippen molar-refractivity contribution in [2.45, 2.75) is 13.5 Å². The van der Waals surface area contributed by atoms with Crippen LogP contribution in [0.3, 0.4) is 0 Å². The highest BCUT2D eigenvalue weighted by Gasteiger charge is 2.15. The normalized spacial score (nSPS) is 11.4. The van der Waals surface area contributed by atoms with E-state index in [0.717, 1.165) is 35.1 Å². The Balaban J connectivity index is 1.32. The van der Waals surface area contributed by atoms with Crippen LogP contribution >= 0.6 is 47.8 Å². The number of carbonyl (C=O) groups is 1. The van der Waals surface area contributed by atoms with Crippen LogP contribution in [0.4, 0.5) is 0 Å². The first-order valence-corrected chi connectivity index (χ1v) is 14.1. The number of nitrogens with zero attached hydrogens (tertiary/aromatic N) is 1. The number of ether oxygens (including phenoxy) is 2. The largest absolute Gasteiger partial charge is 0.490 e. The van der Waals surface area contributed by atoms with E-state index in [1.54, 1.807) is 6.07 Å². The highest BCUT2D eigenvalue weighted by atomic mass is 79.9. The number of hydrogen-bond donors (Lipinski definition) is 1. The molecule has 0 radical (unpaired) electrons. The summed E-state index contributed by atoms with van der Waals surface area (Å²) in [6.07, 6.45) is 1.54. The third-order valence-electron chi connectivity index (χ3n) is 5.76. The molecule has 38 heavy (non-hydrogen) atoms. The second-order valence-electron chi connectivity index (χ2n) is 8.30. The number of halogens is 3. The molecule has 0 saturated heterocycles. The first-order chi connectivity index (χ1) is 18.4. The van der Waals surface area contributed by atoms with Gasteiger partial charge >= 0.3 is 5.91 Å². The summed E-state index contributed by atoms with van der Waals surface area (Å²) in [6.45, 7) is 2.77. The van der Waals surface area contributed by atoms with Crippen LogP contribution in [0.15, 0.2) is 95.7 Å². The van der Waals surface area contributed by atoms with Gasteiger partial charge in [0.2, 0.25) is 0 Å². The van der Waals surface area contributed by atoms with Crippen molar-refractivity contribution in [1.29, 1.82) is 0 Å². The summed E-state index contributed by atoms with van der Waals surface area (Å²) in [7, 11) is 0. The summed E-state index contributed by atoms with van der Waals surface area (Å²) in [4.78, 5) is 12.6. The molecule has 0 spiro atoms. The van der Waals surface area contributed by atoms with Crippen molar-refractivity contribution in [1.82, 2.24) is 5.43 Å². The molecule has 0 aliphatic carbocycles. The van der Waals surface area contributed by atoms with Crippen molar-refractivity contribution in [2.75, 3.05) is 6.61 Å². The minimum absolute atomic E-state index is 0.155. The summed E-state index contributed by atoms with van der Waals surface area (Å²) < 4.78 is 20.1. The van der Waals surface area contributed by atoms with E-state index in [2.05, 4.69) is 82.6 Å². The minimum atomic E-state index is -0.461. The summed E-state index contributed by atoms with van der Waals surface area (Å²) in [5.41, 5.74) is 4.90. The zero-order chi connectivity index (χ0) is 26.6. The first kappa shape index (κ1) is 26.5. The molecule has 9 heteroatoms. The molecule has 1 N–H and O–H groups in total. The zero-order valence-corrected chi connectivity index (χ0v) is 24.9. The fraction of sp³-hybridized carbons (Fsp3) is 0.103. The van der Waals surface area contributed by atoms with Gasteiger partial charge in [-0.3, -0.25) is 4.79 Å². The quantitative estimate of drug-likeness (QED) is 0.130. The molecule has 0 aliphatic rings. The molecule has 192 valence electrons. The molecule has 4 aromatic carbocycles. The predicted octanol–water partition coefficient (Wildman–Crippen LogP) is 8.62. The highest BCUT2D eigenvalue weighted by molar-refractivity contribution is 9.11. The van der Waals surface area contributed by atoms with Gasteiger partial charge in [0.15, 0.2) is 17.3 Å². The van der Waals surface area contributed by atoms with E-state index in [1.807, 2.05) is 49.4 Å². The lowest BCUT2D eigenvalue weighted by atomic mass is 10.1. The Kier molecular flexibility index (Phi) is 8.16. The molecule has 1 amide bonds. The Morgan fingerprint density at radius 3 is 2.55 bits per heavy atom. The second-order valence-corrected chi connectivity index (χ2v) is 10.9. The van der Waals surface area contributed by atoms with E-state index in [4.69, 9.17) is 13.9 Å². The van der Waals surface area contributed by atoms with Gasteiger partial charge in [0, 0.05) is 19.9 Å². The SMILES string of the molecule is CCOc1cc(/C=N\NC(=O)c2cc3cc(Br)cc(Br)c3o2)c(Br)cc1OCc1cccc2ccccc12. The summed E-state index contributed by atoms with van der Waals surface area (Å²) in [6, 6.07) is 23.4. The fourth-order valence-corrected chi connectivity index (χ4v) is 5.77. The summed E-state index contributed by atoms with van der Waals surface area (Å²) >= 11 is 10.5. The molecule has 0 atom stereocenters. The van der Waals surface area contributed by atoms with Gasteiger partial charge < -0.3 is 13.9 Å². The van der Waals surface area contributed by atoms with E-state index in [9.17, 15) is 4.79 Å². The third kappa shape index (κ3) is 5.80. The highest BCUT2D eigenvalue weighted by Crippen LogP contribution is 2.35. The van der Waals surface area contributed by atoms with Gasteiger partial charge in [-0.15, -0.1) is 0 Å². The van der Waals surface area contributed by atoms with Gasteiger partial charge in [-0.2, -0.15) is 5.10 Å². The van der Waals surface area contributed by atoms with Crippen LogP contribution in [-0.4, -0.2) is 18.7 Å². The number of hydrazone groups is 1. The molecule has 0 bridgehead atoms. The fourth-order valence-electron chi connectivity index (χ4n) is 4.01. The van der Waals surface area contributed by atoms with Crippen molar-refractivity contribution in [3.8, 4) is 11.5 Å². The number of benzene rings is 4. The number of hydrogen-bond acceptors (Lipinski definition) is 5. The maximum absolute atomic E-state index is 12.6. The van der Waals surface area contributed by atoms with Crippen LogP contribution in [0.2, 0.25) is 0 Å². The summed E-state index contributed by atoms with van der Waals surface area (Å²) in [5.74, 6) is 0.877. The molecule has 0 unspecified atom stereocenters. The Morgan fingerprint density at radius 1 is 0.921 bits per heavy atom. The topological polar surface area (TPSA) is 73.1 Å². The first-order valence-electron chi connectivity index (χ1n) is 11.7. The molecule has 1 aromatic heterocycles. The Labute approximate surface area is 244 Å². The lowest BCUT2D eigenvalue weighted by Crippen LogP contribution is -2.16. The van der Waals surface area contributed by atoms with Crippen molar-refractivity contribution in [3.63, 3.8) is 0 Å². The van der Waals surface area contributed by atoms with Crippen molar-refractivity contribution >= 4 is 81.7 Å². The number of carbonyl (C=O) groups excluding carboxylic acids is 1. The molecule has 5 aromatic rings. The van der Waals surface area contributed by atoms with Crippen LogP contribution in [0.5, 0.6) is 11.5 Å². The number of rotatable bonds is 8. The van der Waals surface area contributed by atoms with E-state index in [0.29, 0.717) is 35.9 Å². The van der Waals surface area contributed by atoms with Gasteiger partial charge in [0.1, 0.15) is 12.2 Å². The smallest absolute Gasteiger partial charge is 0.307 e. The van der Waals surface area contributed by atoms with Gasteiger partial charge in [0.25, 0.3) is 0 Å². The molecule has 0 fully saturated rings. The number of fused-ring (bicyclic) bond motifs is 2. The molecular formula is C29H21Br3N2O4. The molecule has 0 aliphatic heterocycles. The second kappa shape index (κ2) is 11.7. The standard InChI is InChI=1S/C29H21Br3N2O4/c1-2-36-25-12-20(15-33-34-29(35)27-11-19-10-21(30)13-24(32)28(19)38-27)23(31)14-26(25)37-16-18-8-5-7-17-6-3-4-9-22(17)18/h3-15H,2,16H2,1H3,(H,34,35)/b33-15-. The van der Waals surface area contributed by atoms with Crippen LogP contribution in [-0.2, 0) is 6.61 Å². The average Bonchev–Trinajstić information content (AvgIpc) is 3.34. The lowest BCUT2D eigenvalue weighted by Gasteiger charge is -2.15. The van der Waals surface area contributed by atoms with Crippen LogP contribution in [0, 0.1) is 0 Å². The van der Waals surface area contributed by atoms with Gasteiger partial charge in [-0.05, 0) is 85.5 Å². The van der Waals surface area contributed by atoms with Crippen LogP contribution in [0.25, 0.3) is 21.7 Å². The van der Waals surface area contributed by atoms with E-state index < -0.39 is 5.91 Å². The maximum Gasteiger partial charge on any atom is 0.307 e. The van der Waals surface area contributed by atoms with E-state index in [1.165, 1.54) is 6.21 Å². The lowest BCUT2D eigenvalue weighted by molar-refractivity contribution is 0.0929. The average molecular weight is 701 g/mol. The monoisotopic (exact) mass is 698 g/mol. The minimum Gasteiger partial charge on any atom is -0.490 e. The van der Waals surface area contributed by atoms with E-state index >= 15 is 0 Å². The van der Waals surface area contributed by atoms with Crippen molar-refractivity contribution < 1.29 is 18.7 Å². The Bertz CT molecular complexity index is 1670. The van der Waals surface area contributed by atoms with Gasteiger partial charge in [0.05, 0.1) is 17.3 Å². The maximum atomic E-state index is 12.6. The molecule has 6 nitrogen and oxygen atoms in total. The molecule has 1 heterocycles. The Morgan fingerprint density at radius 2 is 1.71 bits per heavy atom. The molecule has 0 saturated carbocycles. The van der Waals surface area contributed by atoms with Gasteiger partial charge in [-0.1, -0.05) is 58.4 Å². The van der Waals surface area contributed by atoms with Crippen molar-refractivity contribution in [3.05, 3.63) is 103 Å². The summed E-state index contributed by atoms with van der Waals surface area (Å²) in [5, 5.41) is 7.22. The third-order valence-corrected chi connectivity index (χ3v) is 7.49. The van der Waals surface area contributed by atoms with Gasteiger partial charge in [-0.25, -0.2) is 5.43 Å². The number of nitrogens with one attached hydrogen (secondary N) is 1.